The molecule has 0 saturated heterocycles. The molecule has 2 heterocycles. The fourth-order valence-corrected chi connectivity index (χ4v) is 1.75. The van der Waals surface area contributed by atoms with Gasteiger partial charge in [0, 0.05) is 18.3 Å². The van der Waals surface area contributed by atoms with Crippen molar-refractivity contribution in [1.29, 1.82) is 0 Å². The first-order valence-corrected chi connectivity index (χ1v) is 5.10. The maximum absolute atomic E-state index is 12.5. The van der Waals surface area contributed by atoms with Crippen LogP contribution in [0.1, 0.15) is 30.0 Å². The van der Waals surface area contributed by atoms with Gasteiger partial charge in [-0.1, -0.05) is 0 Å². The molecule has 1 aliphatic rings. The number of hydrogen-bond acceptors (Lipinski definition) is 1. The van der Waals surface area contributed by atoms with Gasteiger partial charge in [-0.05, 0) is 25.0 Å². The molecular weight excluding hydrogens is 217 g/mol. The summed E-state index contributed by atoms with van der Waals surface area (Å²) in [6, 6.07) is 2.48. The molecule has 0 atom stereocenters. The van der Waals surface area contributed by atoms with Crippen LogP contribution >= 0.6 is 0 Å². The highest BCUT2D eigenvalue weighted by Crippen LogP contribution is 2.39. The van der Waals surface area contributed by atoms with Crippen LogP contribution in [0.5, 0.6) is 0 Å². The van der Waals surface area contributed by atoms with Crippen molar-refractivity contribution in [3.63, 3.8) is 0 Å². The Hall–Kier alpha value is -1.52. The van der Waals surface area contributed by atoms with Crippen molar-refractivity contribution in [2.75, 3.05) is 0 Å². The smallest absolute Gasteiger partial charge is 0.306 e. The molecule has 1 saturated carbocycles. The van der Waals surface area contributed by atoms with E-state index >= 15 is 0 Å². The monoisotopic (exact) mass is 226 g/mol. The van der Waals surface area contributed by atoms with Gasteiger partial charge in [-0.15, -0.1) is 0 Å². The first-order valence-electron chi connectivity index (χ1n) is 5.10. The second kappa shape index (κ2) is 2.99. The summed E-state index contributed by atoms with van der Waals surface area (Å²) in [6.07, 6.45) is 0.681. The van der Waals surface area contributed by atoms with Crippen molar-refractivity contribution in [2.24, 2.45) is 0 Å². The summed E-state index contributed by atoms with van der Waals surface area (Å²) < 4.78 is 38.8. The summed E-state index contributed by atoms with van der Waals surface area (Å²) in [6.45, 7) is 0. The van der Waals surface area contributed by atoms with Gasteiger partial charge in [-0.25, -0.2) is 4.98 Å². The third kappa shape index (κ3) is 1.56. The van der Waals surface area contributed by atoms with Crippen molar-refractivity contribution in [3.05, 3.63) is 35.8 Å². The number of nitrogens with zero attached hydrogens (tertiary/aromatic N) is 2. The fraction of sp³-hybridized carbons (Fsp3) is 0.364. The van der Waals surface area contributed by atoms with Crippen molar-refractivity contribution in [3.8, 4) is 0 Å². The molecule has 2 aromatic heterocycles. The van der Waals surface area contributed by atoms with E-state index in [9.17, 15) is 13.2 Å². The summed E-state index contributed by atoms with van der Waals surface area (Å²) in [7, 11) is 0. The van der Waals surface area contributed by atoms with E-state index in [0.717, 1.165) is 30.8 Å². The largest absolute Gasteiger partial charge is 0.417 e. The van der Waals surface area contributed by atoms with Gasteiger partial charge in [0.25, 0.3) is 0 Å². The lowest BCUT2D eigenvalue weighted by Crippen LogP contribution is -2.05. The molecule has 0 unspecified atom stereocenters. The standard InChI is InChI=1S/C11H9F3N2/c12-11(13,14)8-3-4-10-15-9(7-1-2-7)6-16(10)5-8/h3-7H,1-2H2. The van der Waals surface area contributed by atoms with Crippen LogP contribution in [0.15, 0.2) is 24.5 Å². The summed E-state index contributed by atoms with van der Waals surface area (Å²) in [5.74, 6) is 0.453. The fourth-order valence-electron chi connectivity index (χ4n) is 1.75. The van der Waals surface area contributed by atoms with Gasteiger partial charge in [0.15, 0.2) is 0 Å². The average molecular weight is 226 g/mol. The quantitative estimate of drug-likeness (QED) is 0.729. The van der Waals surface area contributed by atoms with E-state index in [-0.39, 0.29) is 0 Å². The van der Waals surface area contributed by atoms with Crippen molar-refractivity contribution < 1.29 is 13.2 Å². The minimum absolute atomic E-state index is 0.453. The summed E-state index contributed by atoms with van der Waals surface area (Å²) in [4.78, 5) is 4.29. The highest BCUT2D eigenvalue weighted by atomic mass is 19.4. The predicted octanol–water partition coefficient (Wildman–Crippen LogP) is 3.23. The van der Waals surface area contributed by atoms with E-state index in [2.05, 4.69) is 4.98 Å². The Balaban J connectivity index is 2.10. The molecule has 84 valence electrons. The maximum Gasteiger partial charge on any atom is 0.417 e. The van der Waals surface area contributed by atoms with Crippen LogP contribution in [-0.2, 0) is 6.18 Å². The highest BCUT2D eigenvalue weighted by molar-refractivity contribution is 5.43. The van der Waals surface area contributed by atoms with E-state index in [4.69, 9.17) is 0 Å². The molecule has 0 bridgehead atoms. The molecule has 3 rings (SSSR count). The van der Waals surface area contributed by atoms with Crippen LogP contribution in [0.2, 0.25) is 0 Å². The van der Waals surface area contributed by atoms with E-state index in [1.54, 1.807) is 6.20 Å². The summed E-state index contributed by atoms with van der Waals surface area (Å²) in [5, 5.41) is 0. The number of alkyl halides is 3. The van der Waals surface area contributed by atoms with Crippen LogP contribution in [-0.4, -0.2) is 9.38 Å². The molecule has 5 heteroatoms. The number of fused-ring (bicyclic) bond motifs is 1. The first-order chi connectivity index (χ1) is 7.54. The van der Waals surface area contributed by atoms with Crippen LogP contribution in [0.25, 0.3) is 5.65 Å². The number of imidazole rings is 1. The lowest BCUT2D eigenvalue weighted by Gasteiger charge is -2.05. The molecule has 0 aromatic carbocycles. The molecule has 1 fully saturated rings. The Bertz CT molecular complexity index is 538. The Morgan fingerprint density at radius 3 is 2.56 bits per heavy atom. The number of pyridine rings is 1. The molecule has 0 radical (unpaired) electrons. The van der Waals surface area contributed by atoms with Crippen LogP contribution < -0.4 is 0 Å². The van der Waals surface area contributed by atoms with E-state index in [1.807, 2.05) is 0 Å². The number of aromatic nitrogens is 2. The number of hydrogen-bond donors (Lipinski definition) is 0. The Morgan fingerprint density at radius 2 is 1.94 bits per heavy atom. The van der Waals surface area contributed by atoms with Crippen LogP contribution in [0.3, 0.4) is 0 Å². The molecule has 0 aliphatic heterocycles. The van der Waals surface area contributed by atoms with E-state index in [0.29, 0.717) is 11.6 Å². The number of rotatable bonds is 1. The molecule has 1 aliphatic carbocycles. The van der Waals surface area contributed by atoms with E-state index in [1.165, 1.54) is 10.5 Å². The molecule has 0 spiro atoms. The minimum atomic E-state index is -4.29. The van der Waals surface area contributed by atoms with Gasteiger partial charge in [0.2, 0.25) is 0 Å². The Morgan fingerprint density at radius 1 is 1.19 bits per heavy atom. The average Bonchev–Trinajstić information content (AvgIpc) is 2.96. The van der Waals surface area contributed by atoms with Gasteiger partial charge < -0.3 is 4.40 Å². The first kappa shape index (κ1) is 9.69. The molecule has 0 N–H and O–H groups in total. The SMILES string of the molecule is FC(F)(F)c1ccc2nc(C3CC3)cn2c1. The Kier molecular flexibility index (Phi) is 1.81. The molecular formula is C11H9F3N2. The second-order valence-electron chi connectivity index (χ2n) is 4.12. The maximum atomic E-state index is 12.5. The van der Waals surface area contributed by atoms with Gasteiger partial charge >= 0.3 is 6.18 Å². The zero-order chi connectivity index (χ0) is 11.3. The predicted molar refractivity (Wildman–Crippen MR) is 52.2 cm³/mol. The van der Waals surface area contributed by atoms with Crippen LogP contribution in [0.4, 0.5) is 13.2 Å². The van der Waals surface area contributed by atoms with Crippen LogP contribution in [0, 0.1) is 0 Å². The molecule has 0 amide bonds. The second-order valence-corrected chi connectivity index (χ2v) is 4.12. The number of halogens is 3. The Labute approximate surface area is 89.7 Å². The highest BCUT2D eigenvalue weighted by Gasteiger charge is 2.31. The zero-order valence-corrected chi connectivity index (χ0v) is 8.33. The van der Waals surface area contributed by atoms with Gasteiger partial charge in [-0.3, -0.25) is 0 Å². The third-order valence-corrected chi connectivity index (χ3v) is 2.79. The lowest BCUT2D eigenvalue weighted by atomic mass is 10.3. The lowest BCUT2D eigenvalue weighted by molar-refractivity contribution is -0.137. The van der Waals surface area contributed by atoms with Gasteiger partial charge in [0.05, 0.1) is 11.3 Å². The minimum Gasteiger partial charge on any atom is -0.306 e. The third-order valence-electron chi connectivity index (χ3n) is 2.79. The van der Waals surface area contributed by atoms with E-state index < -0.39 is 11.7 Å². The zero-order valence-electron chi connectivity index (χ0n) is 8.33. The molecule has 2 aromatic rings. The molecule has 2 nitrogen and oxygen atoms in total. The normalized spacial score (nSPS) is 16.9. The van der Waals surface area contributed by atoms with Crippen molar-refractivity contribution in [1.82, 2.24) is 9.38 Å². The topological polar surface area (TPSA) is 17.3 Å². The summed E-state index contributed by atoms with van der Waals surface area (Å²) in [5.41, 5.74) is 0.842. The van der Waals surface area contributed by atoms with Crippen molar-refractivity contribution >= 4 is 5.65 Å². The van der Waals surface area contributed by atoms with Gasteiger partial charge in [0.1, 0.15) is 5.65 Å². The molecule has 16 heavy (non-hydrogen) atoms. The summed E-state index contributed by atoms with van der Waals surface area (Å²) >= 11 is 0. The van der Waals surface area contributed by atoms with Gasteiger partial charge in [-0.2, -0.15) is 13.2 Å². The van der Waals surface area contributed by atoms with Crippen molar-refractivity contribution in [2.45, 2.75) is 24.9 Å².